The molecule has 0 saturated carbocycles. The zero-order chi connectivity index (χ0) is 20.6. The Labute approximate surface area is 170 Å². The van der Waals surface area contributed by atoms with Gasteiger partial charge in [-0.1, -0.05) is 17.7 Å². The largest absolute Gasteiger partial charge is 0.491 e. The van der Waals surface area contributed by atoms with Crippen LogP contribution in [0.2, 0.25) is 0 Å². The van der Waals surface area contributed by atoms with Crippen molar-refractivity contribution in [1.82, 2.24) is 10.2 Å². The van der Waals surface area contributed by atoms with Crippen LogP contribution in [0.15, 0.2) is 60.7 Å². The molecule has 0 atom stereocenters. The first-order valence-electron chi connectivity index (χ1n) is 9.35. The zero-order valence-corrected chi connectivity index (χ0v) is 16.7. The van der Waals surface area contributed by atoms with Gasteiger partial charge in [0, 0.05) is 5.69 Å². The summed E-state index contributed by atoms with van der Waals surface area (Å²) in [6.45, 7) is 5.85. The van der Waals surface area contributed by atoms with E-state index in [1.54, 1.807) is 12.1 Å². The molecule has 150 valence electrons. The molecule has 7 heteroatoms. The Morgan fingerprint density at radius 2 is 1.52 bits per heavy atom. The van der Waals surface area contributed by atoms with E-state index >= 15 is 0 Å². The van der Waals surface area contributed by atoms with Gasteiger partial charge in [0.15, 0.2) is 18.2 Å². The minimum Gasteiger partial charge on any atom is -0.491 e. The maximum absolute atomic E-state index is 12.0. The van der Waals surface area contributed by atoms with Gasteiger partial charge in [-0.25, -0.2) is 0 Å². The average molecular weight is 392 g/mol. The Balaban J connectivity index is 1.49. The number of amides is 1. The summed E-state index contributed by atoms with van der Waals surface area (Å²) in [4.78, 5) is 12.0. The van der Waals surface area contributed by atoms with Crippen LogP contribution < -0.4 is 20.1 Å². The van der Waals surface area contributed by atoms with E-state index < -0.39 is 0 Å². The van der Waals surface area contributed by atoms with Crippen LogP contribution in [0.25, 0.3) is 0 Å². The molecule has 2 N–H and O–H groups in total. The number of anilines is 3. The molecule has 0 bridgehead atoms. The quantitative estimate of drug-likeness (QED) is 0.593. The summed E-state index contributed by atoms with van der Waals surface area (Å²) >= 11 is 0. The molecule has 7 nitrogen and oxygen atoms in total. The van der Waals surface area contributed by atoms with Gasteiger partial charge >= 0.3 is 0 Å². The highest BCUT2D eigenvalue weighted by Gasteiger charge is 2.06. The third-order valence-electron chi connectivity index (χ3n) is 3.82. The number of aryl methyl sites for hydroxylation is 1. The Morgan fingerprint density at radius 1 is 0.897 bits per heavy atom. The maximum Gasteiger partial charge on any atom is 0.263 e. The van der Waals surface area contributed by atoms with Gasteiger partial charge in [0.1, 0.15) is 11.5 Å². The molecular formula is C22H24N4O3. The van der Waals surface area contributed by atoms with Crippen molar-refractivity contribution >= 4 is 23.2 Å². The van der Waals surface area contributed by atoms with Crippen molar-refractivity contribution < 1.29 is 14.3 Å². The van der Waals surface area contributed by atoms with Crippen LogP contribution in [0.1, 0.15) is 19.4 Å². The molecule has 2 aromatic carbocycles. The number of hydrogen-bond donors (Lipinski definition) is 2. The van der Waals surface area contributed by atoms with Gasteiger partial charge < -0.3 is 20.1 Å². The third kappa shape index (κ3) is 6.49. The van der Waals surface area contributed by atoms with Crippen molar-refractivity contribution in [2.24, 2.45) is 0 Å². The SMILES string of the molecule is Cc1ccc(OCC(=O)Nc2ccc(Nc3ccc(OC(C)C)cc3)nn2)cc1. The first-order chi connectivity index (χ1) is 14.0. The highest BCUT2D eigenvalue weighted by atomic mass is 16.5. The number of carbonyl (C=O) groups is 1. The molecule has 0 aliphatic heterocycles. The van der Waals surface area contributed by atoms with Crippen LogP contribution in [0.5, 0.6) is 11.5 Å². The molecule has 1 heterocycles. The molecule has 29 heavy (non-hydrogen) atoms. The summed E-state index contributed by atoms with van der Waals surface area (Å²) in [6.07, 6.45) is 0.129. The minimum atomic E-state index is -0.304. The molecule has 0 fully saturated rings. The first-order valence-corrected chi connectivity index (χ1v) is 9.35. The topological polar surface area (TPSA) is 85.4 Å². The van der Waals surface area contributed by atoms with Gasteiger partial charge in [0.05, 0.1) is 6.10 Å². The van der Waals surface area contributed by atoms with Crippen molar-refractivity contribution in [3.05, 3.63) is 66.2 Å². The first kappa shape index (κ1) is 20.1. The molecule has 0 saturated heterocycles. The van der Waals surface area contributed by atoms with Crippen LogP contribution in [0.3, 0.4) is 0 Å². The van der Waals surface area contributed by atoms with E-state index in [2.05, 4.69) is 20.8 Å². The van der Waals surface area contributed by atoms with Gasteiger partial charge in [0.2, 0.25) is 0 Å². The van der Waals surface area contributed by atoms with Crippen LogP contribution >= 0.6 is 0 Å². The fourth-order valence-corrected chi connectivity index (χ4v) is 2.46. The summed E-state index contributed by atoms with van der Waals surface area (Å²) < 4.78 is 11.1. The Bertz CT molecular complexity index is 924. The number of rotatable bonds is 8. The number of nitrogens with one attached hydrogen (secondary N) is 2. The third-order valence-corrected chi connectivity index (χ3v) is 3.82. The highest BCUT2D eigenvalue weighted by Crippen LogP contribution is 2.20. The van der Waals surface area contributed by atoms with E-state index in [0.717, 1.165) is 17.0 Å². The van der Waals surface area contributed by atoms with Gasteiger partial charge in [0.25, 0.3) is 5.91 Å². The fourth-order valence-electron chi connectivity index (χ4n) is 2.46. The Kier molecular flexibility index (Phi) is 6.63. The van der Waals surface area contributed by atoms with Crippen LogP contribution in [0.4, 0.5) is 17.3 Å². The summed E-state index contributed by atoms with van der Waals surface area (Å²) in [7, 11) is 0. The number of aromatic nitrogens is 2. The second-order valence-corrected chi connectivity index (χ2v) is 6.77. The molecule has 0 unspecified atom stereocenters. The van der Waals surface area contributed by atoms with Gasteiger partial charge in [-0.3, -0.25) is 4.79 Å². The summed E-state index contributed by atoms with van der Waals surface area (Å²) in [5, 5.41) is 13.9. The number of carbonyl (C=O) groups excluding carboxylic acids is 1. The Morgan fingerprint density at radius 3 is 2.14 bits per heavy atom. The molecule has 1 aromatic heterocycles. The van der Waals surface area contributed by atoms with E-state index in [9.17, 15) is 4.79 Å². The standard InChI is InChI=1S/C22H24N4O3/c1-15(2)29-19-10-6-17(7-11-19)23-20-12-13-21(26-25-20)24-22(27)14-28-18-8-4-16(3)5-9-18/h4-13,15H,14H2,1-3H3,(H,23,25)(H,24,26,27). The molecule has 3 aromatic rings. The number of nitrogens with zero attached hydrogens (tertiary/aromatic N) is 2. The number of benzene rings is 2. The second-order valence-electron chi connectivity index (χ2n) is 6.77. The predicted octanol–water partition coefficient (Wildman–Crippen LogP) is 4.33. The van der Waals surface area contributed by atoms with Crippen molar-refractivity contribution in [1.29, 1.82) is 0 Å². The van der Waals surface area contributed by atoms with Crippen molar-refractivity contribution in [2.45, 2.75) is 26.9 Å². The summed E-state index contributed by atoms with van der Waals surface area (Å²) in [5.74, 6) is 2.07. The molecular weight excluding hydrogens is 368 g/mol. The van der Waals surface area contributed by atoms with E-state index in [-0.39, 0.29) is 18.6 Å². The van der Waals surface area contributed by atoms with Gasteiger partial charge in [-0.15, -0.1) is 10.2 Å². The molecule has 0 spiro atoms. The summed E-state index contributed by atoms with van der Waals surface area (Å²) in [5.41, 5.74) is 1.99. The number of hydrogen-bond acceptors (Lipinski definition) is 6. The van der Waals surface area contributed by atoms with E-state index in [0.29, 0.717) is 17.4 Å². The Hall–Kier alpha value is -3.61. The number of ether oxygens (including phenoxy) is 2. The van der Waals surface area contributed by atoms with E-state index in [4.69, 9.17) is 9.47 Å². The highest BCUT2D eigenvalue weighted by molar-refractivity contribution is 5.90. The monoisotopic (exact) mass is 392 g/mol. The lowest BCUT2D eigenvalue weighted by Crippen LogP contribution is -2.21. The van der Waals surface area contributed by atoms with Crippen LogP contribution in [0, 0.1) is 6.92 Å². The lowest BCUT2D eigenvalue weighted by atomic mass is 10.2. The average Bonchev–Trinajstić information content (AvgIpc) is 2.70. The summed E-state index contributed by atoms with van der Waals surface area (Å²) in [6, 6.07) is 18.5. The molecule has 3 rings (SSSR count). The van der Waals surface area contributed by atoms with Crippen LogP contribution in [-0.4, -0.2) is 28.8 Å². The molecule has 0 radical (unpaired) electrons. The minimum absolute atomic E-state index is 0.102. The van der Waals surface area contributed by atoms with Crippen molar-refractivity contribution in [3.8, 4) is 11.5 Å². The van der Waals surface area contributed by atoms with Crippen LogP contribution in [-0.2, 0) is 4.79 Å². The van der Waals surface area contributed by atoms with E-state index in [1.807, 2.05) is 69.3 Å². The maximum atomic E-state index is 12.0. The van der Waals surface area contributed by atoms with Gasteiger partial charge in [-0.2, -0.15) is 0 Å². The van der Waals surface area contributed by atoms with Gasteiger partial charge in [-0.05, 0) is 69.3 Å². The molecule has 0 aliphatic carbocycles. The lowest BCUT2D eigenvalue weighted by molar-refractivity contribution is -0.118. The van der Waals surface area contributed by atoms with Crippen molar-refractivity contribution in [3.63, 3.8) is 0 Å². The van der Waals surface area contributed by atoms with Crippen molar-refractivity contribution in [2.75, 3.05) is 17.2 Å². The molecule has 0 aliphatic rings. The predicted molar refractivity (Wildman–Crippen MR) is 113 cm³/mol. The lowest BCUT2D eigenvalue weighted by Gasteiger charge is -2.11. The second kappa shape index (κ2) is 9.54. The molecule has 1 amide bonds. The normalized spacial score (nSPS) is 10.5. The zero-order valence-electron chi connectivity index (χ0n) is 16.7. The van der Waals surface area contributed by atoms with E-state index in [1.165, 1.54) is 0 Å². The fraction of sp³-hybridized carbons (Fsp3) is 0.227. The smallest absolute Gasteiger partial charge is 0.263 e.